The zero-order chi connectivity index (χ0) is 10.6. The number of piperidine rings is 1. The van der Waals surface area contributed by atoms with Gasteiger partial charge in [0.2, 0.25) is 0 Å². The molecule has 0 aromatic heterocycles. The van der Waals surface area contributed by atoms with Crippen LogP contribution in [-0.4, -0.2) is 41.6 Å². The number of hydrogen-bond acceptors (Lipinski definition) is 3. The molecule has 1 saturated heterocycles. The number of hydrogen-bond donors (Lipinski definition) is 1. The van der Waals surface area contributed by atoms with Crippen molar-refractivity contribution in [3.05, 3.63) is 0 Å². The fourth-order valence-electron chi connectivity index (χ4n) is 1.42. The lowest BCUT2D eigenvalue weighted by Gasteiger charge is -2.27. The number of rotatable bonds is 2. The molecular formula is C8H13F3N2O. The zero-order valence-electron chi connectivity index (χ0n) is 7.72. The van der Waals surface area contributed by atoms with Crippen molar-refractivity contribution in [3.8, 4) is 0 Å². The van der Waals surface area contributed by atoms with Crippen LogP contribution in [0.4, 0.5) is 13.2 Å². The number of nitrogens with zero attached hydrogens (tertiary/aromatic N) is 2. The van der Waals surface area contributed by atoms with Crippen LogP contribution in [0.5, 0.6) is 0 Å². The Bertz CT molecular complexity index is 205. The Hall–Kier alpha value is -0.780. The Morgan fingerprint density at radius 1 is 1.29 bits per heavy atom. The van der Waals surface area contributed by atoms with Crippen molar-refractivity contribution in [1.82, 2.24) is 4.90 Å². The number of oxime groups is 1. The van der Waals surface area contributed by atoms with Gasteiger partial charge in [0.1, 0.15) is 0 Å². The molecule has 0 atom stereocenters. The summed E-state index contributed by atoms with van der Waals surface area (Å²) in [5, 5.41) is 11.5. The van der Waals surface area contributed by atoms with Crippen LogP contribution < -0.4 is 0 Å². The van der Waals surface area contributed by atoms with E-state index in [1.165, 1.54) is 0 Å². The summed E-state index contributed by atoms with van der Waals surface area (Å²) in [6.45, 7) is 1.15. The highest BCUT2D eigenvalue weighted by Gasteiger charge is 2.28. The van der Waals surface area contributed by atoms with Crippen LogP contribution in [0.15, 0.2) is 5.16 Å². The van der Waals surface area contributed by atoms with E-state index in [0.717, 1.165) is 0 Å². The van der Waals surface area contributed by atoms with Crippen molar-refractivity contribution in [1.29, 1.82) is 0 Å². The topological polar surface area (TPSA) is 35.8 Å². The second kappa shape index (κ2) is 4.63. The first kappa shape index (κ1) is 11.3. The van der Waals surface area contributed by atoms with E-state index in [4.69, 9.17) is 5.21 Å². The predicted octanol–water partition coefficient (Wildman–Crippen LogP) is 1.86. The van der Waals surface area contributed by atoms with Gasteiger partial charge >= 0.3 is 6.18 Å². The summed E-state index contributed by atoms with van der Waals surface area (Å²) in [7, 11) is 0. The minimum Gasteiger partial charge on any atom is -0.411 e. The lowest BCUT2D eigenvalue weighted by Crippen LogP contribution is -2.36. The van der Waals surface area contributed by atoms with Gasteiger partial charge < -0.3 is 10.1 Å². The summed E-state index contributed by atoms with van der Waals surface area (Å²) < 4.78 is 35.6. The van der Waals surface area contributed by atoms with Gasteiger partial charge in [-0.1, -0.05) is 5.16 Å². The first-order valence-corrected chi connectivity index (χ1v) is 4.50. The van der Waals surface area contributed by atoms with Crippen molar-refractivity contribution >= 4 is 5.71 Å². The Balaban J connectivity index is 2.23. The average molecular weight is 210 g/mol. The molecule has 0 radical (unpaired) electrons. The van der Waals surface area contributed by atoms with E-state index in [0.29, 0.717) is 31.6 Å². The minimum atomic E-state index is -4.08. The van der Waals surface area contributed by atoms with Gasteiger partial charge in [-0.25, -0.2) is 0 Å². The maximum atomic E-state index is 11.9. The van der Waals surface area contributed by atoms with Crippen molar-refractivity contribution in [2.75, 3.05) is 19.6 Å². The predicted molar refractivity (Wildman–Crippen MR) is 45.6 cm³/mol. The van der Waals surface area contributed by atoms with Crippen LogP contribution in [0.1, 0.15) is 19.3 Å². The van der Waals surface area contributed by atoms with Gasteiger partial charge in [0.25, 0.3) is 0 Å². The second-order valence-corrected chi connectivity index (χ2v) is 3.37. The van der Waals surface area contributed by atoms with E-state index < -0.39 is 12.6 Å². The maximum Gasteiger partial charge on any atom is 0.390 e. The van der Waals surface area contributed by atoms with E-state index in [1.807, 2.05) is 0 Å². The van der Waals surface area contributed by atoms with E-state index in [9.17, 15) is 13.2 Å². The summed E-state index contributed by atoms with van der Waals surface area (Å²) in [5.41, 5.74) is 0.674. The monoisotopic (exact) mass is 210 g/mol. The molecule has 1 aliphatic heterocycles. The fourth-order valence-corrected chi connectivity index (χ4v) is 1.42. The van der Waals surface area contributed by atoms with Crippen molar-refractivity contribution in [2.24, 2.45) is 5.16 Å². The first-order chi connectivity index (χ1) is 6.51. The standard InChI is InChI=1S/C8H13F3N2O/c9-8(10,11)3-6-13-4-1-7(12-14)2-5-13/h14H,1-6H2. The van der Waals surface area contributed by atoms with E-state index in [-0.39, 0.29) is 6.54 Å². The number of halogens is 3. The highest BCUT2D eigenvalue weighted by Crippen LogP contribution is 2.20. The largest absolute Gasteiger partial charge is 0.411 e. The van der Waals surface area contributed by atoms with Crippen LogP contribution in [0, 0.1) is 0 Å². The summed E-state index contributed by atoms with van der Waals surface area (Å²) in [4.78, 5) is 1.74. The van der Waals surface area contributed by atoms with Gasteiger partial charge in [-0.15, -0.1) is 0 Å². The van der Waals surface area contributed by atoms with Crippen LogP contribution in [-0.2, 0) is 0 Å². The fraction of sp³-hybridized carbons (Fsp3) is 0.875. The zero-order valence-corrected chi connectivity index (χ0v) is 7.72. The van der Waals surface area contributed by atoms with E-state index in [1.54, 1.807) is 4.90 Å². The molecule has 0 bridgehead atoms. The molecule has 0 unspecified atom stereocenters. The minimum absolute atomic E-state index is 0.0439. The highest BCUT2D eigenvalue weighted by molar-refractivity contribution is 5.84. The van der Waals surface area contributed by atoms with Crippen molar-refractivity contribution in [2.45, 2.75) is 25.4 Å². The molecular weight excluding hydrogens is 197 g/mol. The molecule has 14 heavy (non-hydrogen) atoms. The summed E-state index contributed by atoms with van der Waals surface area (Å²) in [5.74, 6) is 0. The van der Waals surface area contributed by atoms with Gasteiger partial charge in [-0.2, -0.15) is 13.2 Å². The lowest BCUT2D eigenvalue weighted by atomic mass is 10.1. The summed E-state index contributed by atoms with van der Waals surface area (Å²) in [6, 6.07) is 0. The van der Waals surface area contributed by atoms with Crippen LogP contribution in [0.2, 0.25) is 0 Å². The molecule has 0 aliphatic carbocycles. The molecule has 0 aromatic carbocycles. The molecule has 6 heteroatoms. The van der Waals surface area contributed by atoms with Crippen molar-refractivity contribution in [3.63, 3.8) is 0 Å². The van der Waals surface area contributed by atoms with Gasteiger partial charge in [0, 0.05) is 32.5 Å². The smallest absolute Gasteiger partial charge is 0.390 e. The Morgan fingerprint density at radius 2 is 1.86 bits per heavy atom. The average Bonchev–Trinajstić information content (AvgIpc) is 2.14. The molecule has 0 spiro atoms. The summed E-state index contributed by atoms with van der Waals surface area (Å²) in [6.07, 6.45) is -3.72. The molecule has 1 rings (SSSR count). The first-order valence-electron chi connectivity index (χ1n) is 4.50. The Labute approximate surface area is 80.2 Å². The third-order valence-corrected chi connectivity index (χ3v) is 2.29. The number of alkyl halides is 3. The van der Waals surface area contributed by atoms with E-state index >= 15 is 0 Å². The summed E-state index contributed by atoms with van der Waals surface area (Å²) >= 11 is 0. The number of likely N-dealkylation sites (tertiary alicyclic amines) is 1. The molecule has 1 aliphatic rings. The van der Waals surface area contributed by atoms with Gasteiger partial charge in [0.05, 0.1) is 12.1 Å². The molecule has 1 N–H and O–H groups in total. The molecule has 0 saturated carbocycles. The van der Waals surface area contributed by atoms with Crippen LogP contribution in [0.3, 0.4) is 0 Å². The van der Waals surface area contributed by atoms with Crippen LogP contribution in [0.25, 0.3) is 0 Å². The SMILES string of the molecule is ON=C1CCN(CCC(F)(F)F)CC1. The van der Waals surface area contributed by atoms with Gasteiger partial charge in [-0.05, 0) is 0 Å². The molecule has 1 fully saturated rings. The normalized spacial score (nSPS) is 19.8. The van der Waals surface area contributed by atoms with Crippen molar-refractivity contribution < 1.29 is 18.4 Å². The molecule has 0 amide bonds. The Kier molecular flexibility index (Phi) is 3.74. The molecule has 0 aromatic rings. The van der Waals surface area contributed by atoms with Gasteiger partial charge in [0.15, 0.2) is 0 Å². The third-order valence-electron chi connectivity index (χ3n) is 2.29. The second-order valence-electron chi connectivity index (χ2n) is 3.37. The molecule has 3 nitrogen and oxygen atoms in total. The molecule has 82 valence electrons. The maximum absolute atomic E-state index is 11.9. The Morgan fingerprint density at radius 3 is 2.29 bits per heavy atom. The molecule has 1 heterocycles. The highest BCUT2D eigenvalue weighted by atomic mass is 19.4. The van der Waals surface area contributed by atoms with Crippen LogP contribution >= 0.6 is 0 Å². The quantitative estimate of drug-likeness (QED) is 0.557. The van der Waals surface area contributed by atoms with Gasteiger partial charge in [-0.3, -0.25) is 0 Å². The lowest BCUT2D eigenvalue weighted by molar-refractivity contribution is -0.138. The third kappa shape index (κ3) is 3.95. The van der Waals surface area contributed by atoms with E-state index in [2.05, 4.69) is 5.16 Å².